The zero-order chi connectivity index (χ0) is 37.8. The Hall–Kier alpha value is 1.58. The average molecular weight is 821 g/mol. The summed E-state index contributed by atoms with van der Waals surface area (Å²) in [5.74, 6) is 0. The smallest absolute Gasteiger partial charge is 0.726 e. The minimum absolute atomic E-state index is 0. The molecule has 0 aliphatic carbocycles. The quantitative estimate of drug-likeness (QED) is 0.0382. The van der Waals surface area contributed by atoms with Crippen molar-refractivity contribution in [3.05, 3.63) is 0 Å². The van der Waals surface area contributed by atoms with Gasteiger partial charge in [-0.25, -0.2) is 16.8 Å². The first-order valence-electron chi connectivity index (χ1n) is 20.0. The van der Waals surface area contributed by atoms with Gasteiger partial charge in [0.2, 0.25) is 20.8 Å². The second-order valence-electron chi connectivity index (χ2n) is 13.9. The zero-order valence-corrected chi connectivity index (χ0v) is 39.9. The van der Waals surface area contributed by atoms with Crippen molar-refractivity contribution in [2.24, 2.45) is 5.41 Å². The molecule has 0 spiro atoms. The van der Waals surface area contributed by atoms with E-state index in [2.05, 4.69) is 22.2 Å². The molecule has 0 aromatic carbocycles. The Labute approximate surface area is 369 Å². The van der Waals surface area contributed by atoms with Crippen molar-refractivity contribution < 1.29 is 112 Å². The van der Waals surface area contributed by atoms with Gasteiger partial charge in [0, 0.05) is 13.2 Å². The van der Waals surface area contributed by atoms with Crippen molar-refractivity contribution in [1.29, 1.82) is 0 Å². The standard InChI is InChI=1S/C37H76O12S2.2Na/c1-3-5-7-9-11-13-15-17-19-21-23-25-27-44-33-37(35-46-29-31-48-50(38,39)40,36-47-30-32-49-51(41,42)43)34-45-28-26-24-22-20-18-16-14-12-10-8-6-4-2;;/h3-36H2,1-2H3,(H,38,39,40)(H,41,42,43);;/q;2*+1/p-2. The Morgan fingerprint density at radius 3 is 0.830 bits per heavy atom. The summed E-state index contributed by atoms with van der Waals surface area (Å²) < 4.78 is 97.0. The van der Waals surface area contributed by atoms with Gasteiger partial charge in [0.1, 0.15) is 0 Å². The van der Waals surface area contributed by atoms with Gasteiger partial charge in [-0.1, -0.05) is 155 Å². The van der Waals surface area contributed by atoms with E-state index in [0.29, 0.717) is 13.2 Å². The minimum atomic E-state index is -4.84. The molecule has 0 fully saturated rings. The van der Waals surface area contributed by atoms with Crippen LogP contribution in [0.5, 0.6) is 0 Å². The largest absolute Gasteiger partial charge is 1.00 e. The van der Waals surface area contributed by atoms with Crippen molar-refractivity contribution in [3.8, 4) is 0 Å². The first kappa shape index (κ1) is 58.9. The van der Waals surface area contributed by atoms with Crippen molar-refractivity contribution >= 4 is 20.8 Å². The maximum Gasteiger partial charge on any atom is 1.00 e. The summed E-state index contributed by atoms with van der Waals surface area (Å²) in [5.41, 5.74) is -0.819. The number of hydrogen-bond donors (Lipinski definition) is 0. The molecule has 0 aromatic rings. The molecule has 308 valence electrons. The normalized spacial score (nSPS) is 12.2. The molecule has 0 N–H and O–H groups in total. The van der Waals surface area contributed by atoms with Crippen LogP contribution in [0.1, 0.15) is 168 Å². The van der Waals surface area contributed by atoms with Crippen LogP contribution in [0.2, 0.25) is 0 Å². The van der Waals surface area contributed by atoms with Crippen molar-refractivity contribution in [3.63, 3.8) is 0 Å². The van der Waals surface area contributed by atoms with E-state index in [0.717, 1.165) is 38.5 Å². The average Bonchev–Trinajstić information content (AvgIpc) is 3.07. The molecule has 0 saturated carbocycles. The third-order valence-electron chi connectivity index (χ3n) is 8.83. The van der Waals surface area contributed by atoms with E-state index in [-0.39, 0.29) is 98.8 Å². The van der Waals surface area contributed by atoms with Gasteiger partial charge in [0.25, 0.3) is 0 Å². The molecule has 16 heteroatoms. The fourth-order valence-electron chi connectivity index (χ4n) is 5.88. The van der Waals surface area contributed by atoms with Crippen LogP contribution < -0.4 is 59.1 Å². The molecule has 12 nitrogen and oxygen atoms in total. The summed E-state index contributed by atoms with van der Waals surface area (Å²) in [6.45, 7) is 4.90. The molecule has 0 radical (unpaired) electrons. The Bertz CT molecular complexity index is 883. The third-order valence-corrected chi connectivity index (χ3v) is 9.74. The topological polar surface area (TPSA) is 170 Å². The van der Waals surface area contributed by atoms with Crippen LogP contribution in [-0.4, -0.2) is 92.0 Å². The Balaban J connectivity index is -0.0000125. The molecule has 0 bridgehead atoms. The van der Waals surface area contributed by atoms with E-state index in [1.807, 2.05) is 0 Å². The van der Waals surface area contributed by atoms with E-state index in [4.69, 9.17) is 18.9 Å². The van der Waals surface area contributed by atoms with E-state index < -0.39 is 39.4 Å². The molecular weight excluding hydrogens is 747 g/mol. The van der Waals surface area contributed by atoms with Gasteiger partial charge in [0.05, 0.1) is 58.3 Å². The molecule has 0 unspecified atom stereocenters. The summed E-state index contributed by atoms with van der Waals surface area (Å²) in [5, 5.41) is 0. The molecule has 0 saturated heterocycles. The van der Waals surface area contributed by atoms with Crippen LogP contribution in [0.15, 0.2) is 0 Å². The van der Waals surface area contributed by atoms with Crippen molar-refractivity contribution in [2.75, 3.05) is 66.1 Å². The second kappa shape index (κ2) is 41.7. The molecule has 0 aromatic heterocycles. The van der Waals surface area contributed by atoms with Crippen LogP contribution in [0.4, 0.5) is 0 Å². The van der Waals surface area contributed by atoms with Gasteiger partial charge in [-0.2, -0.15) is 0 Å². The predicted octanol–water partition coefficient (Wildman–Crippen LogP) is 2.40. The van der Waals surface area contributed by atoms with E-state index in [1.165, 1.54) is 116 Å². The molecule has 0 aliphatic heterocycles. The Morgan fingerprint density at radius 1 is 0.358 bits per heavy atom. The fraction of sp³-hybridized carbons (Fsp3) is 1.00. The predicted molar refractivity (Wildman–Crippen MR) is 199 cm³/mol. The number of unbranched alkanes of at least 4 members (excludes halogenated alkanes) is 22. The first-order valence-corrected chi connectivity index (χ1v) is 22.7. The minimum Gasteiger partial charge on any atom is -0.726 e. The second-order valence-corrected chi connectivity index (χ2v) is 16.1. The summed E-state index contributed by atoms with van der Waals surface area (Å²) in [7, 11) is -9.68. The van der Waals surface area contributed by atoms with Crippen LogP contribution in [0.3, 0.4) is 0 Å². The van der Waals surface area contributed by atoms with Gasteiger partial charge < -0.3 is 28.1 Å². The number of hydrogen-bond acceptors (Lipinski definition) is 12. The molecule has 0 heterocycles. The molecule has 0 rings (SSSR count). The van der Waals surface area contributed by atoms with Crippen molar-refractivity contribution in [1.82, 2.24) is 0 Å². The third kappa shape index (κ3) is 46.1. The maximum absolute atomic E-state index is 10.8. The van der Waals surface area contributed by atoms with Gasteiger partial charge in [-0.15, -0.1) is 0 Å². The summed E-state index contributed by atoms with van der Waals surface area (Å²) >= 11 is 0. The van der Waals surface area contributed by atoms with E-state index in [1.54, 1.807) is 0 Å². The Morgan fingerprint density at radius 2 is 0.585 bits per heavy atom. The van der Waals surface area contributed by atoms with Gasteiger partial charge in [-0.3, -0.25) is 8.37 Å². The summed E-state index contributed by atoms with van der Waals surface area (Å²) in [6, 6.07) is 0. The number of ether oxygens (including phenoxy) is 4. The van der Waals surface area contributed by atoms with Crippen molar-refractivity contribution in [2.45, 2.75) is 168 Å². The van der Waals surface area contributed by atoms with Gasteiger partial charge in [0.15, 0.2) is 0 Å². The van der Waals surface area contributed by atoms with Gasteiger partial charge >= 0.3 is 59.1 Å². The zero-order valence-electron chi connectivity index (χ0n) is 34.3. The summed E-state index contributed by atoms with van der Waals surface area (Å²) in [4.78, 5) is 0. The van der Waals surface area contributed by atoms with E-state index in [9.17, 15) is 25.9 Å². The van der Waals surface area contributed by atoms with Crippen LogP contribution in [0, 0.1) is 5.41 Å². The maximum atomic E-state index is 10.8. The molecule has 0 atom stereocenters. The fourth-order valence-corrected chi connectivity index (χ4v) is 6.43. The molecule has 53 heavy (non-hydrogen) atoms. The SMILES string of the molecule is CCCCCCCCCCCCCCOCC(COCCCCCCCCCCCCCC)(COCCOS(=O)(=O)[O-])COCCOS(=O)(=O)[O-].[Na+].[Na+]. The monoisotopic (exact) mass is 820 g/mol. The first-order chi connectivity index (χ1) is 24.5. The molecule has 0 amide bonds. The van der Waals surface area contributed by atoms with E-state index >= 15 is 0 Å². The van der Waals surface area contributed by atoms with Gasteiger partial charge in [-0.05, 0) is 12.8 Å². The van der Waals surface area contributed by atoms with Crippen LogP contribution >= 0.6 is 0 Å². The van der Waals surface area contributed by atoms with Crippen LogP contribution in [-0.2, 0) is 48.1 Å². The summed E-state index contributed by atoms with van der Waals surface area (Å²) in [6.07, 6.45) is 29.7. The van der Waals surface area contributed by atoms with Crippen LogP contribution in [0.25, 0.3) is 0 Å². The number of rotatable bonds is 42. The molecular formula is C37H74Na2O12S2. The molecule has 0 aliphatic rings. The Kier molecular flexibility index (Phi) is 46.4.